The second-order valence-corrected chi connectivity index (χ2v) is 5.85. The molecule has 0 aliphatic carbocycles. The summed E-state index contributed by atoms with van der Waals surface area (Å²) >= 11 is 0. The van der Waals surface area contributed by atoms with Crippen molar-refractivity contribution in [2.24, 2.45) is 16.0 Å². The van der Waals surface area contributed by atoms with Crippen LogP contribution in [0.1, 0.15) is 33.5 Å². The predicted molar refractivity (Wildman–Crippen MR) is 126 cm³/mol. The first-order valence-electron chi connectivity index (χ1n) is 9.91. The normalized spacial score (nSPS) is 11.1. The van der Waals surface area contributed by atoms with Crippen molar-refractivity contribution < 1.29 is 4.94 Å². The van der Waals surface area contributed by atoms with Crippen LogP contribution in [-0.2, 0) is 11.5 Å². The van der Waals surface area contributed by atoms with Gasteiger partial charge >= 0.3 is 0 Å². The van der Waals surface area contributed by atoms with Gasteiger partial charge in [0.25, 0.3) is 0 Å². The molecule has 0 saturated carbocycles. The first kappa shape index (κ1) is 26.8. The van der Waals surface area contributed by atoms with Crippen LogP contribution < -0.4 is 11.1 Å². The molecule has 0 saturated heterocycles. The summed E-state index contributed by atoms with van der Waals surface area (Å²) < 4.78 is 1.94. The van der Waals surface area contributed by atoms with Crippen molar-refractivity contribution in [1.82, 2.24) is 24.8 Å². The second kappa shape index (κ2) is 16.7. The highest BCUT2D eigenvalue weighted by Gasteiger charge is 2.07. The van der Waals surface area contributed by atoms with Crippen LogP contribution in [0.4, 0.5) is 0 Å². The lowest BCUT2D eigenvalue weighted by molar-refractivity contribution is 0.156. The number of nitrogens with two attached hydrogens (primary N) is 1. The van der Waals surface area contributed by atoms with Crippen molar-refractivity contribution in [2.45, 2.75) is 34.2 Å². The van der Waals surface area contributed by atoms with Crippen LogP contribution in [-0.4, -0.2) is 58.7 Å². The van der Waals surface area contributed by atoms with E-state index in [2.05, 4.69) is 55.3 Å². The van der Waals surface area contributed by atoms with Gasteiger partial charge in [-0.05, 0) is 38.3 Å². The van der Waals surface area contributed by atoms with E-state index in [-0.39, 0.29) is 0 Å². The van der Waals surface area contributed by atoms with Gasteiger partial charge in [0.1, 0.15) is 17.6 Å². The number of imidazole rings is 1. The number of likely N-dealkylation sites (N-methyl/N-ethyl adjacent to an activating group) is 2. The maximum absolute atomic E-state index is 5.32. The summed E-state index contributed by atoms with van der Waals surface area (Å²) in [5.41, 5.74) is 7.05. The molecule has 0 spiro atoms. The number of rotatable bonds is 9. The predicted octanol–water partition coefficient (Wildman–Crippen LogP) is 2.96. The Labute approximate surface area is 180 Å². The summed E-state index contributed by atoms with van der Waals surface area (Å²) in [6.45, 7) is 14.1. The number of hydrogen-bond donors (Lipinski definition) is 2. The van der Waals surface area contributed by atoms with Crippen LogP contribution in [0.2, 0.25) is 0 Å². The lowest BCUT2D eigenvalue weighted by atomic mass is 10.4. The minimum Gasteiger partial charge on any atom is -0.385 e. The fourth-order valence-electron chi connectivity index (χ4n) is 2.20. The topological polar surface area (TPSA) is 106 Å². The summed E-state index contributed by atoms with van der Waals surface area (Å²) in [5.74, 6) is 0.925. The number of hydrogen-bond acceptors (Lipinski definition) is 7. The molecule has 0 radical (unpaired) electrons. The average molecular weight is 417 g/mol. The lowest BCUT2D eigenvalue weighted by Gasteiger charge is -2.11. The van der Waals surface area contributed by atoms with Crippen LogP contribution in [0.3, 0.4) is 0 Å². The van der Waals surface area contributed by atoms with Gasteiger partial charge in [-0.1, -0.05) is 31.2 Å². The Balaban J connectivity index is 0.000000648. The molecule has 0 aliphatic heterocycles. The molecule has 30 heavy (non-hydrogen) atoms. The largest absolute Gasteiger partial charge is 0.385 e. The lowest BCUT2D eigenvalue weighted by Crippen LogP contribution is -2.22. The van der Waals surface area contributed by atoms with Gasteiger partial charge < -0.3 is 20.5 Å². The Kier molecular flexibility index (Phi) is 14.9. The van der Waals surface area contributed by atoms with E-state index < -0.39 is 0 Å². The third-order valence-corrected chi connectivity index (χ3v) is 3.41. The highest BCUT2D eigenvalue weighted by atomic mass is 16.8. The van der Waals surface area contributed by atoms with E-state index in [4.69, 9.17) is 5.73 Å². The number of nitrogens with one attached hydrogen (secondary N) is 1. The molecule has 2 heterocycles. The molecule has 0 aromatic carbocycles. The molecule has 0 unspecified atom stereocenters. The van der Waals surface area contributed by atoms with Gasteiger partial charge in [-0.2, -0.15) is 0 Å². The van der Waals surface area contributed by atoms with Crippen LogP contribution in [0.25, 0.3) is 11.0 Å². The van der Waals surface area contributed by atoms with Crippen molar-refractivity contribution in [2.75, 3.05) is 27.2 Å². The minimum atomic E-state index is 0.293. The molecule has 2 aromatic heterocycles. The molecular formula is C21H36N8O. The molecule has 9 nitrogen and oxygen atoms in total. The summed E-state index contributed by atoms with van der Waals surface area (Å²) in [7, 11) is 4.03. The quantitative estimate of drug-likeness (QED) is 0.282. The van der Waals surface area contributed by atoms with E-state index in [0.29, 0.717) is 18.2 Å². The molecule has 166 valence electrons. The highest BCUT2D eigenvalue weighted by Crippen LogP contribution is 2.13. The zero-order valence-corrected chi connectivity index (χ0v) is 19.0. The number of allylic oxidation sites excluding steroid dienone is 2. The van der Waals surface area contributed by atoms with Crippen molar-refractivity contribution in [3.8, 4) is 0 Å². The third kappa shape index (κ3) is 10.4. The molecular weight excluding hydrogens is 380 g/mol. The minimum absolute atomic E-state index is 0.293. The number of oxime groups is 2. The van der Waals surface area contributed by atoms with Crippen LogP contribution in [0, 0.1) is 0 Å². The van der Waals surface area contributed by atoms with Crippen LogP contribution >= 0.6 is 0 Å². The van der Waals surface area contributed by atoms with Crippen molar-refractivity contribution in [3.05, 3.63) is 49.2 Å². The summed E-state index contributed by atoms with van der Waals surface area (Å²) in [6.07, 6.45) is 10.8. The Morgan fingerprint density at radius 3 is 2.77 bits per heavy atom. The zero-order valence-electron chi connectivity index (χ0n) is 19.0. The van der Waals surface area contributed by atoms with Gasteiger partial charge in [-0.3, -0.25) is 4.98 Å². The maximum Gasteiger partial charge on any atom is 0.156 e. The Morgan fingerprint density at radius 1 is 1.43 bits per heavy atom. The molecule has 0 fully saturated rings. The Bertz CT molecular complexity index is 806. The summed E-state index contributed by atoms with van der Waals surface area (Å²) in [4.78, 5) is 15.2. The van der Waals surface area contributed by atoms with Crippen molar-refractivity contribution in [1.29, 1.82) is 0 Å². The van der Waals surface area contributed by atoms with E-state index in [9.17, 15) is 0 Å². The summed E-state index contributed by atoms with van der Waals surface area (Å²) in [6, 6.07) is 1.88. The Hall–Kier alpha value is -3.20. The molecule has 0 amide bonds. The fraction of sp³-hybridized carbons (Fsp3) is 0.429. The fourth-order valence-corrected chi connectivity index (χ4v) is 2.20. The van der Waals surface area contributed by atoms with Crippen LogP contribution in [0.5, 0.6) is 0 Å². The molecule has 3 N–H and O–H groups in total. The Morgan fingerprint density at radius 2 is 2.17 bits per heavy atom. The SMILES string of the molecule is C/C=C/N(C)CCNC.C=CCn1c(/C=N/O/N=C(\C)N)nc2cnccc21.CC. The maximum atomic E-state index is 5.32. The van der Waals surface area contributed by atoms with Gasteiger partial charge in [-0.15, -0.1) is 6.58 Å². The first-order chi connectivity index (χ1) is 14.5. The van der Waals surface area contributed by atoms with Crippen molar-refractivity contribution >= 4 is 23.1 Å². The van der Waals surface area contributed by atoms with Gasteiger partial charge in [0.2, 0.25) is 0 Å². The molecule has 9 heteroatoms. The third-order valence-electron chi connectivity index (χ3n) is 3.41. The molecule has 0 aliphatic rings. The molecule has 0 atom stereocenters. The van der Waals surface area contributed by atoms with Gasteiger partial charge in [0, 0.05) is 32.9 Å². The number of amidine groups is 1. The van der Waals surface area contributed by atoms with E-state index in [1.54, 1.807) is 25.4 Å². The number of pyridine rings is 1. The number of aromatic nitrogens is 3. The van der Waals surface area contributed by atoms with Gasteiger partial charge in [0.05, 0.1) is 11.7 Å². The standard InChI is InChI=1S/C12H14N6O.C7H16N2.C2H6/c1-3-6-18-11-4-5-14-7-10(11)16-12(18)8-15-19-17-9(2)13;1-4-6-9(3)7-5-8-2;1-2/h3-5,7-8H,1,6H2,2H3,(H2,13,17);4,6,8H,5,7H2,1-3H3;1-2H3/b15-8+;6-4+;. The molecule has 0 bridgehead atoms. The van der Waals surface area contributed by atoms with E-state index in [1.165, 1.54) is 6.21 Å². The first-order valence-corrected chi connectivity index (χ1v) is 9.91. The van der Waals surface area contributed by atoms with E-state index in [0.717, 1.165) is 24.1 Å². The molecule has 2 aromatic rings. The summed E-state index contributed by atoms with van der Waals surface area (Å²) in [5, 5.41) is 10.3. The highest BCUT2D eigenvalue weighted by molar-refractivity contribution is 5.84. The monoisotopic (exact) mass is 416 g/mol. The smallest absolute Gasteiger partial charge is 0.156 e. The van der Waals surface area contributed by atoms with Crippen molar-refractivity contribution in [3.63, 3.8) is 0 Å². The van der Waals surface area contributed by atoms with Gasteiger partial charge in [0.15, 0.2) is 5.82 Å². The van der Waals surface area contributed by atoms with E-state index in [1.807, 2.05) is 44.5 Å². The zero-order chi connectivity index (χ0) is 22.8. The second-order valence-electron chi connectivity index (χ2n) is 5.85. The van der Waals surface area contributed by atoms with Gasteiger partial charge in [-0.25, -0.2) is 9.92 Å². The van der Waals surface area contributed by atoms with E-state index >= 15 is 0 Å². The number of nitrogens with zero attached hydrogens (tertiary/aromatic N) is 6. The van der Waals surface area contributed by atoms with Crippen LogP contribution in [0.15, 0.2) is 53.7 Å². The molecule has 2 rings (SSSR count). The average Bonchev–Trinajstić information content (AvgIpc) is 3.09. The number of fused-ring (bicyclic) bond motifs is 1.